The van der Waals surface area contributed by atoms with Gasteiger partial charge in [0.05, 0.1) is 22.4 Å². The molecular weight excluding hydrogens is 659 g/mol. The molecule has 11 rings (SSSR count). The zero-order chi connectivity index (χ0) is 35.6. The molecule has 3 heterocycles. The number of fused-ring (bicyclic) bond motifs is 10. The first kappa shape index (κ1) is 30.6. The molecule has 1 aliphatic carbocycles. The highest BCUT2D eigenvalue weighted by atomic mass is 16.3. The van der Waals surface area contributed by atoms with E-state index in [-0.39, 0.29) is 5.92 Å². The summed E-state index contributed by atoms with van der Waals surface area (Å²) in [6.45, 7) is 0. The Balaban J connectivity index is 1.10. The van der Waals surface area contributed by atoms with Crippen molar-refractivity contribution in [1.82, 2.24) is 14.5 Å². The van der Waals surface area contributed by atoms with E-state index < -0.39 is 0 Å². The fourth-order valence-electron chi connectivity index (χ4n) is 8.36. The maximum atomic E-state index is 6.78. The van der Waals surface area contributed by atoms with Gasteiger partial charge in [0.2, 0.25) is 0 Å². The van der Waals surface area contributed by atoms with Gasteiger partial charge >= 0.3 is 0 Å². The molecule has 254 valence electrons. The van der Waals surface area contributed by atoms with E-state index in [0.717, 1.165) is 84.5 Å². The van der Waals surface area contributed by atoms with E-state index in [9.17, 15) is 0 Å². The number of para-hydroxylation sites is 2. The van der Waals surface area contributed by atoms with Crippen LogP contribution in [0.5, 0.6) is 0 Å². The normalized spacial score (nSPS) is 14.3. The molecule has 1 atom stereocenters. The van der Waals surface area contributed by atoms with Gasteiger partial charge in [-0.25, -0.2) is 9.97 Å². The maximum Gasteiger partial charge on any atom is 0.160 e. The van der Waals surface area contributed by atoms with Crippen LogP contribution in [0.3, 0.4) is 0 Å². The zero-order valence-electron chi connectivity index (χ0n) is 29.4. The predicted octanol–water partition coefficient (Wildman–Crippen LogP) is 13.2. The molecule has 0 amide bonds. The van der Waals surface area contributed by atoms with Gasteiger partial charge in [-0.3, -0.25) is 0 Å². The van der Waals surface area contributed by atoms with Crippen molar-refractivity contribution in [3.63, 3.8) is 0 Å². The second kappa shape index (κ2) is 12.3. The van der Waals surface area contributed by atoms with Crippen LogP contribution >= 0.6 is 0 Å². The van der Waals surface area contributed by atoms with Crippen LogP contribution in [-0.4, -0.2) is 14.5 Å². The van der Waals surface area contributed by atoms with Gasteiger partial charge < -0.3 is 8.98 Å². The topological polar surface area (TPSA) is 43.9 Å². The lowest BCUT2D eigenvalue weighted by molar-refractivity contribution is 0.671. The third-order valence-electron chi connectivity index (χ3n) is 10.9. The summed E-state index contributed by atoms with van der Waals surface area (Å²) in [7, 11) is 0. The van der Waals surface area contributed by atoms with Crippen molar-refractivity contribution in [2.45, 2.75) is 12.3 Å². The minimum Gasteiger partial charge on any atom is -0.454 e. The molecule has 0 radical (unpaired) electrons. The van der Waals surface area contributed by atoms with E-state index in [1.165, 1.54) is 21.5 Å². The fraction of sp³-hybridized carbons (Fsp3) is 0.0400. The highest BCUT2D eigenvalue weighted by Crippen LogP contribution is 2.46. The number of benzene rings is 7. The molecule has 0 bridgehead atoms. The molecule has 1 aliphatic rings. The molecule has 7 aromatic carbocycles. The number of furan rings is 1. The SMILES string of the molecule is C1=CCC(c2cc(-c3ccccc3)nc(-c3ccc(-c4ccc5c(c4)c4c6ccccc6c6c7ccccc7oc6c4n5-c4ccccc4)cc3)n2)C=C1. The molecule has 0 spiro atoms. The van der Waals surface area contributed by atoms with E-state index in [4.69, 9.17) is 14.4 Å². The minimum atomic E-state index is 0.222. The van der Waals surface area contributed by atoms with Crippen molar-refractivity contribution in [2.75, 3.05) is 0 Å². The van der Waals surface area contributed by atoms with Gasteiger partial charge in [-0.1, -0.05) is 146 Å². The molecule has 0 saturated carbocycles. The van der Waals surface area contributed by atoms with Gasteiger partial charge in [0.1, 0.15) is 5.58 Å². The lowest BCUT2D eigenvalue weighted by Gasteiger charge is -2.15. The van der Waals surface area contributed by atoms with Crippen LogP contribution in [0.15, 0.2) is 186 Å². The average molecular weight is 692 g/mol. The van der Waals surface area contributed by atoms with Crippen LogP contribution in [0.1, 0.15) is 18.0 Å². The fourth-order valence-corrected chi connectivity index (χ4v) is 8.36. The van der Waals surface area contributed by atoms with Crippen molar-refractivity contribution in [3.05, 3.63) is 188 Å². The average Bonchev–Trinajstić information content (AvgIpc) is 3.81. The first-order valence-corrected chi connectivity index (χ1v) is 18.5. The summed E-state index contributed by atoms with van der Waals surface area (Å²) >= 11 is 0. The summed E-state index contributed by atoms with van der Waals surface area (Å²) in [6, 6.07) is 55.9. The highest BCUT2D eigenvalue weighted by molar-refractivity contribution is 6.35. The summed E-state index contributed by atoms with van der Waals surface area (Å²) in [4.78, 5) is 10.2. The molecule has 10 aromatic rings. The quantitative estimate of drug-likeness (QED) is 0.180. The standard InChI is InChI=1S/C50H33N3O/c1-4-14-33(15-5-1)42-31-43(34-16-6-2-7-17-34)52-50(51-42)35-26-24-32(25-27-35)36-28-29-44-41(30-36)46-38-20-10-11-21-39(38)47-40-22-12-13-23-45(40)54-49(47)48(46)53(44)37-18-8-3-9-19-37/h1-16,18-31,34H,17H2. The molecule has 0 fully saturated rings. The summed E-state index contributed by atoms with van der Waals surface area (Å²) < 4.78 is 9.16. The molecule has 0 N–H and O–H groups in total. The molecule has 0 aliphatic heterocycles. The number of hydrogen-bond acceptors (Lipinski definition) is 3. The van der Waals surface area contributed by atoms with Crippen molar-refractivity contribution in [1.29, 1.82) is 0 Å². The second-order valence-corrected chi connectivity index (χ2v) is 14.1. The van der Waals surface area contributed by atoms with Crippen LogP contribution < -0.4 is 0 Å². The highest BCUT2D eigenvalue weighted by Gasteiger charge is 2.23. The molecule has 54 heavy (non-hydrogen) atoms. The molecule has 3 aromatic heterocycles. The van der Waals surface area contributed by atoms with Gasteiger partial charge in [0.15, 0.2) is 11.4 Å². The Kier molecular flexibility index (Phi) is 6.96. The van der Waals surface area contributed by atoms with E-state index in [1.54, 1.807) is 0 Å². The Morgan fingerprint density at radius 3 is 2.00 bits per heavy atom. The van der Waals surface area contributed by atoms with Crippen molar-refractivity contribution in [2.24, 2.45) is 0 Å². The van der Waals surface area contributed by atoms with Gasteiger partial charge in [0.25, 0.3) is 0 Å². The van der Waals surface area contributed by atoms with Gasteiger partial charge in [-0.15, -0.1) is 0 Å². The number of allylic oxidation sites excluding steroid dienone is 4. The molecule has 1 unspecified atom stereocenters. The zero-order valence-corrected chi connectivity index (χ0v) is 29.4. The Labute approximate surface area is 312 Å². The maximum absolute atomic E-state index is 6.78. The number of aromatic nitrogens is 3. The lowest BCUT2D eigenvalue weighted by atomic mass is 9.95. The van der Waals surface area contributed by atoms with E-state index >= 15 is 0 Å². The number of hydrogen-bond donors (Lipinski definition) is 0. The van der Waals surface area contributed by atoms with Crippen molar-refractivity contribution < 1.29 is 4.42 Å². The summed E-state index contributed by atoms with van der Waals surface area (Å²) in [5.41, 5.74) is 11.5. The Hall–Kier alpha value is -7.04. The number of nitrogens with zero attached hydrogens (tertiary/aromatic N) is 3. The van der Waals surface area contributed by atoms with Crippen LogP contribution in [0, 0.1) is 0 Å². The summed E-state index contributed by atoms with van der Waals surface area (Å²) in [5, 5.41) is 7.08. The van der Waals surface area contributed by atoms with Crippen LogP contribution in [0.4, 0.5) is 0 Å². The number of rotatable bonds is 5. The summed E-state index contributed by atoms with van der Waals surface area (Å²) in [5.74, 6) is 0.962. The third-order valence-corrected chi connectivity index (χ3v) is 10.9. The van der Waals surface area contributed by atoms with Gasteiger partial charge in [-0.2, -0.15) is 0 Å². The van der Waals surface area contributed by atoms with E-state index in [1.807, 2.05) is 12.1 Å². The van der Waals surface area contributed by atoms with Crippen molar-refractivity contribution in [3.8, 4) is 39.5 Å². The lowest BCUT2D eigenvalue weighted by Crippen LogP contribution is -2.04. The van der Waals surface area contributed by atoms with Gasteiger partial charge in [0, 0.05) is 44.3 Å². The van der Waals surface area contributed by atoms with Crippen LogP contribution in [-0.2, 0) is 0 Å². The Bertz CT molecular complexity index is 3110. The van der Waals surface area contributed by atoms with Crippen LogP contribution in [0.25, 0.3) is 94.0 Å². The first-order valence-electron chi connectivity index (χ1n) is 18.5. The predicted molar refractivity (Wildman–Crippen MR) is 223 cm³/mol. The molecular formula is C50H33N3O. The molecule has 4 heteroatoms. The van der Waals surface area contributed by atoms with E-state index in [0.29, 0.717) is 0 Å². The Morgan fingerprint density at radius 1 is 0.537 bits per heavy atom. The monoisotopic (exact) mass is 691 g/mol. The summed E-state index contributed by atoms with van der Waals surface area (Å²) in [6.07, 6.45) is 9.59. The smallest absolute Gasteiger partial charge is 0.160 e. The second-order valence-electron chi connectivity index (χ2n) is 14.1. The minimum absolute atomic E-state index is 0.222. The first-order chi connectivity index (χ1) is 26.8. The van der Waals surface area contributed by atoms with Crippen molar-refractivity contribution >= 4 is 54.5 Å². The Morgan fingerprint density at radius 2 is 1.22 bits per heavy atom. The largest absolute Gasteiger partial charge is 0.454 e. The third kappa shape index (κ3) is 4.84. The van der Waals surface area contributed by atoms with Crippen LogP contribution in [0.2, 0.25) is 0 Å². The molecule has 0 saturated heterocycles. The van der Waals surface area contributed by atoms with E-state index in [2.05, 4.69) is 174 Å². The van der Waals surface area contributed by atoms with Gasteiger partial charge in [-0.05, 0) is 64.7 Å². The molecule has 4 nitrogen and oxygen atoms in total.